The molecule has 1 saturated heterocycles. The highest BCUT2D eigenvalue weighted by Gasteiger charge is 2.30. The van der Waals surface area contributed by atoms with Gasteiger partial charge in [-0.05, 0) is 25.7 Å². The molecule has 1 aromatic rings. The Morgan fingerprint density at radius 2 is 2.23 bits per heavy atom. The average Bonchev–Trinajstić information content (AvgIpc) is 3.01. The highest BCUT2D eigenvalue weighted by Crippen LogP contribution is 2.34. The first kappa shape index (κ1) is 17.2. The van der Waals surface area contributed by atoms with Gasteiger partial charge in [-0.2, -0.15) is 0 Å². The van der Waals surface area contributed by atoms with Crippen LogP contribution in [-0.2, 0) is 4.79 Å². The molecule has 1 unspecified atom stereocenters. The van der Waals surface area contributed by atoms with Crippen molar-refractivity contribution in [1.29, 1.82) is 0 Å². The molecule has 2 rings (SSSR count). The molecule has 22 heavy (non-hydrogen) atoms. The molecule has 0 aliphatic carbocycles. The summed E-state index contributed by atoms with van der Waals surface area (Å²) in [5.74, 6) is 0.601. The van der Waals surface area contributed by atoms with Crippen LogP contribution in [0.5, 0.6) is 0 Å². The lowest BCUT2D eigenvalue weighted by Gasteiger charge is -2.34. The summed E-state index contributed by atoms with van der Waals surface area (Å²) in [6.45, 7) is 0.766. The van der Waals surface area contributed by atoms with Crippen molar-refractivity contribution < 1.29 is 9.59 Å². The zero-order chi connectivity index (χ0) is 16.1. The number of amides is 2. The number of carbonyl (C=O) groups is 2. The van der Waals surface area contributed by atoms with Crippen molar-refractivity contribution >= 4 is 34.8 Å². The lowest BCUT2D eigenvalue weighted by Crippen LogP contribution is -2.38. The first-order valence-corrected chi connectivity index (χ1v) is 8.92. The Bertz CT molecular complexity index is 533. The van der Waals surface area contributed by atoms with Crippen LogP contribution in [0.4, 0.5) is 0 Å². The van der Waals surface area contributed by atoms with Crippen molar-refractivity contribution in [2.24, 2.45) is 0 Å². The molecule has 0 saturated carbocycles. The third-order valence-corrected chi connectivity index (χ3v) is 5.13. The van der Waals surface area contributed by atoms with Crippen LogP contribution >= 0.6 is 22.9 Å². The largest absolute Gasteiger partial charge is 0.344 e. The van der Waals surface area contributed by atoms with E-state index in [-0.39, 0.29) is 17.9 Å². The van der Waals surface area contributed by atoms with Crippen molar-refractivity contribution in [2.45, 2.75) is 38.1 Å². The molecule has 1 aliphatic rings. The Hall–Kier alpha value is -1.14. The summed E-state index contributed by atoms with van der Waals surface area (Å²) in [6, 6.07) is 0.00490. The van der Waals surface area contributed by atoms with Crippen molar-refractivity contribution in [3.8, 4) is 0 Å². The number of thiazole rings is 1. The van der Waals surface area contributed by atoms with E-state index in [1.807, 2.05) is 4.90 Å². The summed E-state index contributed by atoms with van der Waals surface area (Å²) in [4.78, 5) is 32.8. The number of aromatic nitrogens is 1. The number of hydrogen-bond donors (Lipinski definition) is 0. The molecule has 5 nitrogen and oxygen atoms in total. The van der Waals surface area contributed by atoms with Crippen LogP contribution in [0.1, 0.15) is 52.8 Å². The average molecular weight is 344 g/mol. The molecule has 1 aromatic heterocycles. The van der Waals surface area contributed by atoms with Crippen LogP contribution in [0.15, 0.2) is 6.20 Å². The maximum Gasteiger partial charge on any atom is 0.265 e. The molecule has 0 bridgehead atoms. The van der Waals surface area contributed by atoms with Gasteiger partial charge in [-0.1, -0.05) is 0 Å². The van der Waals surface area contributed by atoms with Crippen LogP contribution in [0.2, 0.25) is 0 Å². The Morgan fingerprint density at radius 3 is 2.91 bits per heavy atom. The molecular weight excluding hydrogens is 322 g/mol. The molecule has 0 N–H and O–H groups in total. The van der Waals surface area contributed by atoms with Gasteiger partial charge in [-0.25, -0.2) is 4.98 Å². The number of carbonyl (C=O) groups excluding carboxylic acids is 2. The molecular formula is C15H22ClN3O2S. The standard InChI is InChI=1S/C15H22ClN3O2S/c1-18(2)15(21)12-10-17-14(22-12)11-6-3-4-9-19(11)13(20)7-5-8-16/h10-11H,3-9H2,1-2H3. The minimum atomic E-state index is -0.0421. The second kappa shape index (κ2) is 7.92. The fourth-order valence-electron chi connectivity index (χ4n) is 2.61. The molecule has 2 amide bonds. The number of hydrogen-bond acceptors (Lipinski definition) is 4. The first-order chi connectivity index (χ1) is 10.5. The molecule has 7 heteroatoms. The summed E-state index contributed by atoms with van der Waals surface area (Å²) in [5, 5.41) is 0.865. The molecule has 0 spiro atoms. The van der Waals surface area contributed by atoms with Crippen molar-refractivity contribution in [2.75, 3.05) is 26.5 Å². The number of alkyl halides is 1. The third kappa shape index (κ3) is 3.98. The van der Waals surface area contributed by atoms with Crippen LogP contribution in [0.3, 0.4) is 0 Å². The molecule has 1 aliphatic heterocycles. The molecule has 122 valence electrons. The van der Waals surface area contributed by atoms with E-state index in [0.717, 1.165) is 30.8 Å². The van der Waals surface area contributed by atoms with Crippen LogP contribution < -0.4 is 0 Å². The third-order valence-electron chi connectivity index (χ3n) is 3.77. The molecule has 1 fully saturated rings. The summed E-state index contributed by atoms with van der Waals surface area (Å²) in [5.41, 5.74) is 0. The van der Waals surface area contributed by atoms with Gasteiger partial charge in [-0.3, -0.25) is 9.59 Å². The summed E-state index contributed by atoms with van der Waals surface area (Å²) in [7, 11) is 3.45. The second-order valence-electron chi connectivity index (χ2n) is 5.65. The Kier molecular flexibility index (Phi) is 6.20. The van der Waals surface area contributed by atoms with E-state index in [9.17, 15) is 9.59 Å². The predicted molar refractivity (Wildman–Crippen MR) is 88.4 cm³/mol. The van der Waals surface area contributed by atoms with E-state index in [1.165, 1.54) is 11.3 Å². The summed E-state index contributed by atoms with van der Waals surface area (Å²) >= 11 is 7.08. The van der Waals surface area contributed by atoms with Crippen LogP contribution in [0.25, 0.3) is 0 Å². The van der Waals surface area contributed by atoms with Crippen molar-refractivity contribution in [1.82, 2.24) is 14.8 Å². The first-order valence-electron chi connectivity index (χ1n) is 7.57. The number of nitrogens with zero attached hydrogens (tertiary/aromatic N) is 3. The number of piperidine rings is 1. The smallest absolute Gasteiger partial charge is 0.265 e. The fraction of sp³-hybridized carbons (Fsp3) is 0.667. The zero-order valence-electron chi connectivity index (χ0n) is 13.0. The van der Waals surface area contributed by atoms with Gasteiger partial charge in [0.2, 0.25) is 5.91 Å². The van der Waals surface area contributed by atoms with Crippen molar-refractivity contribution in [3.63, 3.8) is 0 Å². The fourth-order valence-corrected chi connectivity index (χ4v) is 3.83. The number of rotatable bonds is 5. The topological polar surface area (TPSA) is 53.5 Å². The lowest BCUT2D eigenvalue weighted by molar-refractivity contribution is -0.135. The monoisotopic (exact) mass is 343 g/mol. The zero-order valence-corrected chi connectivity index (χ0v) is 14.6. The van der Waals surface area contributed by atoms with E-state index in [4.69, 9.17) is 11.6 Å². The minimum absolute atomic E-state index is 0.00490. The Morgan fingerprint density at radius 1 is 1.45 bits per heavy atom. The van der Waals surface area contributed by atoms with Crippen LogP contribution in [-0.4, -0.2) is 53.1 Å². The van der Waals surface area contributed by atoms with Gasteiger partial charge in [0, 0.05) is 32.9 Å². The highest BCUT2D eigenvalue weighted by atomic mass is 35.5. The van der Waals surface area contributed by atoms with E-state index in [0.29, 0.717) is 23.6 Å². The Labute approximate surface area is 140 Å². The quantitative estimate of drug-likeness (QED) is 0.772. The van der Waals surface area contributed by atoms with Crippen molar-refractivity contribution in [3.05, 3.63) is 16.1 Å². The molecule has 0 radical (unpaired) electrons. The molecule has 2 heterocycles. The number of halogens is 1. The maximum atomic E-state index is 12.4. The maximum absolute atomic E-state index is 12.4. The van der Waals surface area contributed by atoms with Crippen LogP contribution in [0, 0.1) is 0 Å². The van der Waals surface area contributed by atoms with Gasteiger partial charge < -0.3 is 9.80 Å². The second-order valence-corrected chi connectivity index (χ2v) is 7.09. The Balaban J connectivity index is 2.14. The summed E-state index contributed by atoms with van der Waals surface area (Å²) in [6.07, 6.45) is 5.83. The van der Waals surface area contributed by atoms with E-state index in [2.05, 4.69) is 4.98 Å². The van der Waals surface area contributed by atoms with E-state index in [1.54, 1.807) is 25.2 Å². The van der Waals surface area contributed by atoms with Gasteiger partial charge >= 0.3 is 0 Å². The van der Waals surface area contributed by atoms with Gasteiger partial charge in [0.15, 0.2) is 0 Å². The molecule has 0 aromatic carbocycles. The van der Waals surface area contributed by atoms with Gasteiger partial charge in [0.25, 0.3) is 5.91 Å². The highest BCUT2D eigenvalue weighted by molar-refractivity contribution is 7.13. The van der Waals surface area contributed by atoms with Gasteiger partial charge in [0.05, 0.1) is 12.2 Å². The van der Waals surface area contributed by atoms with Gasteiger partial charge in [0.1, 0.15) is 9.88 Å². The van der Waals surface area contributed by atoms with E-state index >= 15 is 0 Å². The molecule has 1 atom stereocenters. The van der Waals surface area contributed by atoms with Gasteiger partial charge in [-0.15, -0.1) is 22.9 Å². The minimum Gasteiger partial charge on any atom is -0.344 e. The normalized spacial score (nSPS) is 18.3. The van der Waals surface area contributed by atoms with E-state index < -0.39 is 0 Å². The summed E-state index contributed by atoms with van der Waals surface area (Å²) < 4.78 is 0. The SMILES string of the molecule is CN(C)C(=O)c1cnc(C2CCCCN2C(=O)CCCCl)s1. The predicted octanol–water partition coefficient (Wildman–Crippen LogP) is 2.92. The lowest BCUT2D eigenvalue weighted by atomic mass is 10.0. The number of likely N-dealkylation sites (tertiary alicyclic amines) is 1.